The van der Waals surface area contributed by atoms with Gasteiger partial charge in [0.1, 0.15) is 0 Å². The first kappa shape index (κ1) is 17.5. The van der Waals surface area contributed by atoms with Gasteiger partial charge in [-0.05, 0) is 36.8 Å². The van der Waals surface area contributed by atoms with Gasteiger partial charge >= 0.3 is 12.0 Å². The van der Waals surface area contributed by atoms with E-state index in [1.165, 1.54) is 4.88 Å². The number of carbonyl (C=O) groups is 2. The van der Waals surface area contributed by atoms with Crippen LogP contribution in [0, 0.1) is 0 Å². The number of hydrogen-bond acceptors (Lipinski definition) is 3. The van der Waals surface area contributed by atoms with Crippen LogP contribution < -0.4 is 5.32 Å². The molecule has 0 spiro atoms. The molecule has 0 bridgehead atoms. The predicted molar refractivity (Wildman–Crippen MR) is 92.6 cm³/mol. The Labute approximate surface area is 141 Å². The van der Waals surface area contributed by atoms with Crippen molar-refractivity contribution in [2.75, 3.05) is 13.1 Å². The molecule has 1 aliphatic heterocycles. The van der Waals surface area contributed by atoms with Crippen molar-refractivity contribution in [3.63, 3.8) is 0 Å². The van der Waals surface area contributed by atoms with Crippen LogP contribution in [0.3, 0.4) is 0 Å². The van der Waals surface area contributed by atoms with Crippen LogP contribution in [0.4, 0.5) is 4.79 Å². The fourth-order valence-electron chi connectivity index (χ4n) is 2.71. The molecule has 2 heterocycles. The van der Waals surface area contributed by atoms with Gasteiger partial charge in [-0.2, -0.15) is 0 Å². The summed E-state index contributed by atoms with van der Waals surface area (Å²) in [6.07, 6.45) is 9.02. The van der Waals surface area contributed by atoms with Gasteiger partial charge in [-0.3, -0.25) is 4.79 Å². The van der Waals surface area contributed by atoms with Crippen molar-refractivity contribution in [1.82, 2.24) is 10.2 Å². The molecule has 2 N–H and O–H groups in total. The maximum atomic E-state index is 12.4. The molecule has 1 atom stereocenters. The molecule has 1 aliphatic rings. The van der Waals surface area contributed by atoms with Crippen molar-refractivity contribution in [3.8, 4) is 0 Å². The largest absolute Gasteiger partial charge is 0.481 e. The van der Waals surface area contributed by atoms with E-state index in [0.717, 1.165) is 32.2 Å². The fourth-order valence-corrected chi connectivity index (χ4v) is 3.34. The second kappa shape index (κ2) is 9.35. The lowest BCUT2D eigenvalue weighted by Crippen LogP contribution is -2.45. The summed E-state index contributed by atoms with van der Waals surface area (Å²) in [7, 11) is 0. The van der Waals surface area contributed by atoms with E-state index >= 15 is 0 Å². The number of rotatable bonds is 6. The molecule has 5 nitrogen and oxygen atoms in total. The minimum absolute atomic E-state index is 0.0851. The van der Waals surface area contributed by atoms with E-state index in [2.05, 4.69) is 23.5 Å². The lowest BCUT2D eigenvalue weighted by molar-refractivity contribution is -0.137. The van der Waals surface area contributed by atoms with Gasteiger partial charge in [-0.25, -0.2) is 4.79 Å². The lowest BCUT2D eigenvalue weighted by Gasteiger charge is -2.28. The highest BCUT2D eigenvalue weighted by Crippen LogP contribution is 2.20. The third-order valence-electron chi connectivity index (χ3n) is 3.93. The molecular weight excluding hydrogens is 312 g/mol. The molecule has 0 radical (unpaired) electrons. The number of carboxylic acid groups (broad SMARTS) is 1. The Morgan fingerprint density at radius 1 is 1.39 bits per heavy atom. The Kier molecular flexibility index (Phi) is 7.13. The van der Waals surface area contributed by atoms with Gasteiger partial charge in [0.25, 0.3) is 0 Å². The third kappa shape index (κ3) is 6.06. The number of hydrogen-bond donors (Lipinski definition) is 2. The summed E-state index contributed by atoms with van der Waals surface area (Å²) in [6.45, 7) is 1.16. The van der Waals surface area contributed by atoms with E-state index in [9.17, 15) is 9.59 Å². The van der Waals surface area contributed by atoms with Crippen LogP contribution >= 0.6 is 11.3 Å². The monoisotopic (exact) mass is 336 g/mol. The summed E-state index contributed by atoms with van der Waals surface area (Å²) in [5.74, 6) is -0.828. The van der Waals surface area contributed by atoms with Crippen molar-refractivity contribution < 1.29 is 14.7 Å². The first-order valence-corrected chi connectivity index (χ1v) is 9.03. The average Bonchev–Trinajstić information content (AvgIpc) is 2.93. The average molecular weight is 336 g/mol. The summed E-state index contributed by atoms with van der Waals surface area (Å²) < 4.78 is 0. The molecule has 23 heavy (non-hydrogen) atoms. The van der Waals surface area contributed by atoms with E-state index in [-0.39, 0.29) is 18.5 Å². The van der Waals surface area contributed by atoms with Gasteiger partial charge in [0.15, 0.2) is 0 Å². The zero-order valence-corrected chi connectivity index (χ0v) is 14.1. The first-order chi connectivity index (χ1) is 11.2. The Morgan fingerprint density at radius 2 is 2.26 bits per heavy atom. The van der Waals surface area contributed by atoms with Crippen molar-refractivity contribution in [3.05, 3.63) is 28.5 Å². The quantitative estimate of drug-likeness (QED) is 0.780. The molecule has 1 aromatic heterocycles. The SMILES string of the molecule is O=C(O)CCCNC(=O)N1CCCCCC1/C=C/c1cccs1. The minimum Gasteiger partial charge on any atom is -0.481 e. The number of aliphatic carboxylic acids is 1. The van der Waals surface area contributed by atoms with Gasteiger partial charge in [-0.15, -0.1) is 11.3 Å². The van der Waals surface area contributed by atoms with E-state index < -0.39 is 5.97 Å². The molecule has 2 amide bonds. The van der Waals surface area contributed by atoms with Gasteiger partial charge in [0.05, 0.1) is 6.04 Å². The zero-order chi connectivity index (χ0) is 16.5. The second-order valence-electron chi connectivity index (χ2n) is 5.71. The Balaban J connectivity index is 1.91. The van der Waals surface area contributed by atoms with Crippen molar-refractivity contribution in [2.24, 2.45) is 0 Å². The standard InChI is InChI=1S/C17H24N2O3S/c20-16(21)8-4-11-18-17(22)19-12-3-1-2-6-14(19)9-10-15-7-5-13-23-15/h5,7,9-10,13-14H,1-4,6,8,11-12H2,(H,18,22)(H,20,21)/b10-9+. The maximum Gasteiger partial charge on any atom is 0.317 e. The smallest absolute Gasteiger partial charge is 0.317 e. The second-order valence-corrected chi connectivity index (χ2v) is 6.69. The molecule has 0 aliphatic carbocycles. The van der Waals surface area contributed by atoms with Gasteiger partial charge in [-0.1, -0.05) is 25.0 Å². The van der Waals surface area contributed by atoms with Crippen molar-refractivity contribution >= 4 is 29.4 Å². The van der Waals surface area contributed by atoms with Crippen LogP contribution in [0.5, 0.6) is 0 Å². The molecule has 1 aromatic rings. The van der Waals surface area contributed by atoms with Crippen LogP contribution in [0.1, 0.15) is 43.4 Å². The van der Waals surface area contributed by atoms with Crippen LogP contribution in [0.2, 0.25) is 0 Å². The van der Waals surface area contributed by atoms with Crippen molar-refractivity contribution in [1.29, 1.82) is 0 Å². The number of amides is 2. The van der Waals surface area contributed by atoms with E-state index in [1.54, 1.807) is 11.3 Å². The molecule has 0 aromatic carbocycles. The first-order valence-electron chi connectivity index (χ1n) is 8.15. The minimum atomic E-state index is -0.828. The number of thiophene rings is 1. The van der Waals surface area contributed by atoms with E-state index in [1.807, 2.05) is 16.3 Å². The number of carbonyl (C=O) groups excluding carboxylic acids is 1. The van der Waals surface area contributed by atoms with Gasteiger partial charge in [0.2, 0.25) is 0 Å². The molecule has 2 rings (SSSR count). The zero-order valence-electron chi connectivity index (χ0n) is 13.2. The number of urea groups is 1. The summed E-state index contributed by atoms with van der Waals surface area (Å²) in [5, 5.41) is 13.5. The van der Waals surface area contributed by atoms with Gasteiger partial charge in [0, 0.05) is 24.4 Å². The van der Waals surface area contributed by atoms with Crippen LogP contribution in [0.15, 0.2) is 23.6 Å². The Morgan fingerprint density at radius 3 is 3.00 bits per heavy atom. The molecule has 1 saturated heterocycles. The fraction of sp³-hybridized carbons (Fsp3) is 0.529. The van der Waals surface area contributed by atoms with Crippen LogP contribution in [0.25, 0.3) is 6.08 Å². The molecule has 126 valence electrons. The Hall–Kier alpha value is -1.82. The van der Waals surface area contributed by atoms with Crippen LogP contribution in [-0.2, 0) is 4.79 Å². The highest BCUT2D eigenvalue weighted by Gasteiger charge is 2.23. The summed E-state index contributed by atoms with van der Waals surface area (Å²) >= 11 is 1.68. The number of likely N-dealkylation sites (tertiary alicyclic amines) is 1. The summed E-state index contributed by atoms with van der Waals surface area (Å²) in [5.41, 5.74) is 0. The van der Waals surface area contributed by atoms with E-state index in [4.69, 9.17) is 5.11 Å². The van der Waals surface area contributed by atoms with Gasteiger partial charge < -0.3 is 15.3 Å². The topological polar surface area (TPSA) is 69.6 Å². The normalized spacial score (nSPS) is 18.8. The third-order valence-corrected chi connectivity index (χ3v) is 4.77. The molecule has 0 saturated carbocycles. The maximum absolute atomic E-state index is 12.4. The Bertz CT molecular complexity index is 528. The number of nitrogens with zero attached hydrogens (tertiary/aromatic N) is 1. The summed E-state index contributed by atoms with van der Waals surface area (Å²) in [6, 6.07) is 4.11. The molecule has 6 heteroatoms. The summed E-state index contributed by atoms with van der Waals surface area (Å²) in [4.78, 5) is 26.0. The predicted octanol–water partition coefficient (Wildman–Crippen LogP) is 3.58. The van der Waals surface area contributed by atoms with Crippen molar-refractivity contribution in [2.45, 2.75) is 44.6 Å². The molecular formula is C17H24N2O3S. The molecule has 1 fully saturated rings. The highest BCUT2D eigenvalue weighted by atomic mass is 32.1. The number of nitrogens with one attached hydrogen (secondary N) is 1. The number of carboxylic acids is 1. The highest BCUT2D eigenvalue weighted by molar-refractivity contribution is 7.10. The van der Waals surface area contributed by atoms with Crippen LogP contribution in [-0.4, -0.2) is 41.1 Å². The van der Waals surface area contributed by atoms with E-state index in [0.29, 0.717) is 13.0 Å². The molecule has 1 unspecified atom stereocenters. The lowest BCUT2D eigenvalue weighted by atomic mass is 10.1.